The first-order chi connectivity index (χ1) is 12.5. The summed E-state index contributed by atoms with van der Waals surface area (Å²) in [5.74, 6) is -0.811. The maximum atomic E-state index is 11.9. The number of carboxylic acids is 1. The third-order valence-corrected chi connectivity index (χ3v) is 4.61. The fraction of sp³-hybridized carbons (Fsp3) is 0.300. The summed E-state index contributed by atoms with van der Waals surface area (Å²) in [5, 5.41) is 9.35. The number of carbonyl (C=O) groups excluding carboxylic acids is 1. The number of fused-ring (bicyclic) bond motifs is 1. The van der Waals surface area contributed by atoms with E-state index in [0.717, 1.165) is 22.3 Å². The lowest BCUT2D eigenvalue weighted by Gasteiger charge is -2.19. The Bertz CT molecular complexity index is 871. The highest BCUT2D eigenvalue weighted by Crippen LogP contribution is 2.42. The summed E-state index contributed by atoms with van der Waals surface area (Å²) in [4.78, 5) is 23.3. The second-order valence-corrected chi connectivity index (χ2v) is 6.18. The van der Waals surface area contributed by atoms with Crippen molar-refractivity contribution in [1.82, 2.24) is 0 Å². The van der Waals surface area contributed by atoms with Crippen molar-refractivity contribution >= 4 is 11.9 Å². The predicted molar refractivity (Wildman–Crippen MR) is 94.6 cm³/mol. The van der Waals surface area contributed by atoms with Crippen LogP contribution in [0.4, 0.5) is 0 Å². The van der Waals surface area contributed by atoms with Crippen molar-refractivity contribution in [3.05, 3.63) is 47.0 Å². The highest BCUT2D eigenvalue weighted by molar-refractivity contribution is 5.96. The molecule has 6 nitrogen and oxygen atoms in total. The number of benzene rings is 2. The van der Waals surface area contributed by atoms with Gasteiger partial charge in [-0.3, -0.25) is 4.79 Å². The summed E-state index contributed by atoms with van der Waals surface area (Å²) in [7, 11) is 3.06. The monoisotopic (exact) mass is 356 g/mol. The molecule has 1 aliphatic rings. The van der Waals surface area contributed by atoms with Crippen LogP contribution in [0, 0.1) is 5.92 Å². The number of carbonyl (C=O) groups is 2. The molecule has 2 aromatic carbocycles. The first-order valence-corrected chi connectivity index (χ1v) is 8.24. The van der Waals surface area contributed by atoms with Crippen molar-refractivity contribution in [3.8, 4) is 22.6 Å². The Hall–Kier alpha value is -3.02. The van der Waals surface area contributed by atoms with Crippen LogP contribution >= 0.6 is 0 Å². The van der Waals surface area contributed by atoms with Crippen LogP contribution in [0.25, 0.3) is 11.1 Å². The van der Waals surface area contributed by atoms with Crippen molar-refractivity contribution in [2.75, 3.05) is 14.2 Å². The van der Waals surface area contributed by atoms with Gasteiger partial charge in [0, 0.05) is 11.1 Å². The van der Waals surface area contributed by atoms with Gasteiger partial charge < -0.3 is 19.3 Å². The summed E-state index contributed by atoms with van der Waals surface area (Å²) in [5.41, 5.74) is 3.71. The van der Waals surface area contributed by atoms with Gasteiger partial charge in [0.25, 0.3) is 0 Å². The highest BCUT2D eigenvalue weighted by atomic mass is 16.5. The standard InChI is InChI=1S/C20H20O6/c1-11(19(21)22)9-15-13(7-8-17(24-2)18(15)25-3)12-5-4-6-14-16(12)10-26-20(14)23/h4-8,11H,9-10H2,1-3H3,(H,21,22). The third-order valence-electron chi connectivity index (χ3n) is 4.61. The molecule has 6 heteroatoms. The van der Waals surface area contributed by atoms with E-state index in [1.807, 2.05) is 12.1 Å². The first kappa shape index (κ1) is 17.8. The van der Waals surface area contributed by atoms with Crippen LogP contribution in [0.1, 0.15) is 28.4 Å². The minimum absolute atomic E-state index is 0.201. The highest BCUT2D eigenvalue weighted by Gasteiger charge is 2.27. The molecule has 1 aliphatic heterocycles. The lowest BCUT2D eigenvalue weighted by atomic mass is 9.88. The van der Waals surface area contributed by atoms with Crippen LogP contribution in [0.2, 0.25) is 0 Å². The van der Waals surface area contributed by atoms with Crippen LogP contribution in [0.3, 0.4) is 0 Å². The topological polar surface area (TPSA) is 82.1 Å². The van der Waals surface area contributed by atoms with Gasteiger partial charge in [0.1, 0.15) is 6.61 Å². The van der Waals surface area contributed by atoms with E-state index in [1.54, 1.807) is 25.1 Å². The minimum Gasteiger partial charge on any atom is -0.493 e. The Morgan fingerprint density at radius 1 is 1.15 bits per heavy atom. The van der Waals surface area contributed by atoms with E-state index < -0.39 is 11.9 Å². The molecule has 0 amide bonds. The molecular weight excluding hydrogens is 336 g/mol. The Morgan fingerprint density at radius 3 is 2.54 bits per heavy atom. The number of aliphatic carboxylic acids is 1. The zero-order chi connectivity index (χ0) is 18.8. The predicted octanol–water partition coefficient (Wildman–Crippen LogP) is 3.30. The largest absolute Gasteiger partial charge is 0.493 e. The molecule has 26 heavy (non-hydrogen) atoms. The molecule has 3 rings (SSSR count). The molecule has 1 N–H and O–H groups in total. The first-order valence-electron chi connectivity index (χ1n) is 8.24. The van der Waals surface area contributed by atoms with E-state index in [9.17, 15) is 14.7 Å². The zero-order valence-electron chi connectivity index (χ0n) is 14.9. The maximum Gasteiger partial charge on any atom is 0.338 e. The van der Waals surface area contributed by atoms with Gasteiger partial charge in [-0.25, -0.2) is 4.79 Å². The van der Waals surface area contributed by atoms with E-state index in [2.05, 4.69) is 0 Å². The molecule has 0 saturated heterocycles. The number of ether oxygens (including phenoxy) is 3. The van der Waals surface area contributed by atoms with Crippen LogP contribution in [0.5, 0.6) is 11.5 Å². The van der Waals surface area contributed by atoms with E-state index in [1.165, 1.54) is 14.2 Å². The van der Waals surface area contributed by atoms with Gasteiger partial charge >= 0.3 is 11.9 Å². The van der Waals surface area contributed by atoms with Crippen LogP contribution in [-0.2, 0) is 22.6 Å². The molecule has 1 heterocycles. The molecule has 0 bridgehead atoms. The lowest BCUT2D eigenvalue weighted by molar-refractivity contribution is -0.141. The SMILES string of the molecule is COc1ccc(-c2cccc3c2COC3=O)c(CC(C)C(=O)O)c1OC. The van der Waals surface area contributed by atoms with Crippen molar-refractivity contribution in [3.63, 3.8) is 0 Å². The number of hydrogen-bond donors (Lipinski definition) is 1. The van der Waals surface area contributed by atoms with Gasteiger partial charge in [-0.1, -0.05) is 25.1 Å². The quantitative estimate of drug-likeness (QED) is 0.800. The number of cyclic esters (lactones) is 1. The Labute approximate surface area is 151 Å². The molecule has 1 atom stereocenters. The van der Waals surface area contributed by atoms with Gasteiger partial charge in [0.2, 0.25) is 0 Å². The van der Waals surface area contributed by atoms with Crippen LogP contribution in [0.15, 0.2) is 30.3 Å². The molecule has 0 saturated carbocycles. The van der Waals surface area contributed by atoms with E-state index in [-0.39, 0.29) is 19.0 Å². The fourth-order valence-electron chi connectivity index (χ4n) is 3.24. The van der Waals surface area contributed by atoms with Gasteiger partial charge in [-0.05, 0) is 29.7 Å². The number of methoxy groups -OCH3 is 2. The summed E-state index contributed by atoms with van der Waals surface area (Å²) in [6, 6.07) is 9.07. The Morgan fingerprint density at radius 2 is 1.88 bits per heavy atom. The number of esters is 1. The Balaban J connectivity index is 2.22. The van der Waals surface area contributed by atoms with Crippen LogP contribution in [-0.4, -0.2) is 31.3 Å². The molecule has 0 fully saturated rings. The van der Waals surface area contributed by atoms with Crippen LogP contribution < -0.4 is 9.47 Å². The van der Waals surface area contributed by atoms with E-state index in [0.29, 0.717) is 17.1 Å². The summed E-state index contributed by atoms with van der Waals surface area (Å²) in [6.45, 7) is 1.85. The van der Waals surface area contributed by atoms with Crippen molar-refractivity contribution in [1.29, 1.82) is 0 Å². The zero-order valence-corrected chi connectivity index (χ0v) is 14.9. The summed E-state index contributed by atoms with van der Waals surface area (Å²) >= 11 is 0. The second kappa shape index (κ2) is 7.07. The molecule has 2 aromatic rings. The summed E-state index contributed by atoms with van der Waals surface area (Å²) < 4.78 is 16.1. The van der Waals surface area contributed by atoms with Gasteiger partial charge in [0.05, 0.1) is 25.7 Å². The number of carboxylic acid groups (broad SMARTS) is 1. The summed E-state index contributed by atoms with van der Waals surface area (Å²) in [6.07, 6.45) is 0.267. The lowest BCUT2D eigenvalue weighted by Crippen LogP contribution is -2.14. The number of hydrogen-bond acceptors (Lipinski definition) is 5. The van der Waals surface area contributed by atoms with E-state index >= 15 is 0 Å². The smallest absolute Gasteiger partial charge is 0.338 e. The third kappa shape index (κ3) is 2.98. The molecule has 0 aromatic heterocycles. The Kier molecular flexibility index (Phi) is 4.84. The van der Waals surface area contributed by atoms with Gasteiger partial charge in [-0.2, -0.15) is 0 Å². The molecular formula is C20H20O6. The molecule has 0 spiro atoms. The average Bonchev–Trinajstić information content (AvgIpc) is 3.02. The molecule has 136 valence electrons. The fourth-order valence-corrected chi connectivity index (χ4v) is 3.24. The normalized spacial score (nSPS) is 13.7. The maximum absolute atomic E-state index is 11.9. The average molecular weight is 356 g/mol. The second-order valence-electron chi connectivity index (χ2n) is 6.18. The van der Waals surface area contributed by atoms with E-state index in [4.69, 9.17) is 14.2 Å². The molecule has 0 aliphatic carbocycles. The van der Waals surface area contributed by atoms with Crippen molar-refractivity contribution in [2.24, 2.45) is 5.92 Å². The van der Waals surface area contributed by atoms with Crippen molar-refractivity contribution < 1.29 is 28.9 Å². The van der Waals surface area contributed by atoms with Gasteiger partial charge in [0.15, 0.2) is 11.5 Å². The number of rotatable bonds is 6. The van der Waals surface area contributed by atoms with Gasteiger partial charge in [-0.15, -0.1) is 0 Å². The molecule has 1 unspecified atom stereocenters. The minimum atomic E-state index is -0.891. The van der Waals surface area contributed by atoms with Crippen molar-refractivity contribution in [2.45, 2.75) is 20.0 Å². The molecule has 0 radical (unpaired) electrons.